The van der Waals surface area contributed by atoms with E-state index in [1.54, 1.807) is 6.08 Å². The maximum atomic E-state index is 11.6. The number of hydrogen-bond donors (Lipinski definition) is 1. The fraction of sp³-hybridized carbons (Fsp3) is 0.333. The third-order valence-electron chi connectivity index (χ3n) is 3.15. The summed E-state index contributed by atoms with van der Waals surface area (Å²) >= 11 is 0. The van der Waals surface area contributed by atoms with Gasteiger partial charge in [0.1, 0.15) is 0 Å². The number of amides is 1. The molecular weight excluding hydrogens is 306 g/mol. The number of rotatable bonds is 5. The number of hydrogen-bond acceptors (Lipinski definition) is 5. The Morgan fingerprint density at radius 1 is 1.27 bits per heavy atom. The molecule has 6 nitrogen and oxygen atoms in total. The van der Waals surface area contributed by atoms with Crippen LogP contribution in [0.15, 0.2) is 36.4 Å². The molecule has 1 aromatic rings. The summed E-state index contributed by atoms with van der Waals surface area (Å²) in [5.74, 6) is -1.10. The molecule has 1 aromatic carbocycles. The first-order valence-corrected chi connectivity index (χ1v) is 8.66. The predicted octanol–water partition coefficient (Wildman–Crippen LogP) is 0.546. The quantitative estimate of drug-likeness (QED) is 0.631. The zero-order chi connectivity index (χ0) is 16.0. The van der Waals surface area contributed by atoms with E-state index >= 15 is 0 Å². The van der Waals surface area contributed by atoms with Crippen LogP contribution in [-0.4, -0.2) is 44.4 Å². The van der Waals surface area contributed by atoms with Gasteiger partial charge in [0.15, 0.2) is 16.4 Å². The van der Waals surface area contributed by atoms with Crippen molar-refractivity contribution in [3.8, 4) is 0 Å². The van der Waals surface area contributed by atoms with Crippen molar-refractivity contribution in [1.29, 1.82) is 0 Å². The summed E-state index contributed by atoms with van der Waals surface area (Å²) in [7, 11) is -3.05. The highest BCUT2D eigenvalue weighted by atomic mass is 32.2. The van der Waals surface area contributed by atoms with E-state index in [0.717, 1.165) is 5.56 Å². The van der Waals surface area contributed by atoms with E-state index in [4.69, 9.17) is 4.74 Å². The maximum Gasteiger partial charge on any atom is 0.331 e. The summed E-state index contributed by atoms with van der Waals surface area (Å²) in [5, 5.41) is 2.54. The second-order valence-corrected chi connectivity index (χ2v) is 7.25. The average molecular weight is 323 g/mol. The van der Waals surface area contributed by atoms with Crippen molar-refractivity contribution in [1.82, 2.24) is 5.32 Å². The molecule has 1 aliphatic rings. The van der Waals surface area contributed by atoms with Crippen LogP contribution in [0.5, 0.6) is 0 Å². The molecule has 2 rings (SSSR count). The number of sulfone groups is 1. The molecule has 1 saturated heterocycles. The van der Waals surface area contributed by atoms with E-state index in [1.807, 2.05) is 30.3 Å². The van der Waals surface area contributed by atoms with Gasteiger partial charge in [-0.25, -0.2) is 13.2 Å². The van der Waals surface area contributed by atoms with Gasteiger partial charge in [-0.1, -0.05) is 30.3 Å². The second-order valence-electron chi connectivity index (χ2n) is 5.02. The monoisotopic (exact) mass is 323 g/mol. The molecular formula is C15H17NO5S. The minimum Gasteiger partial charge on any atom is -0.452 e. The molecule has 1 aliphatic heterocycles. The number of carbonyl (C=O) groups excluding carboxylic acids is 2. The largest absolute Gasteiger partial charge is 0.452 e. The van der Waals surface area contributed by atoms with Gasteiger partial charge in [0.05, 0.1) is 11.5 Å². The van der Waals surface area contributed by atoms with Crippen LogP contribution in [-0.2, 0) is 24.2 Å². The number of ether oxygens (including phenoxy) is 1. The maximum absolute atomic E-state index is 11.6. The normalized spacial score (nSPS) is 19.9. The molecule has 0 aliphatic carbocycles. The van der Waals surface area contributed by atoms with Crippen molar-refractivity contribution >= 4 is 27.8 Å². The molecule has 1 heterocycles. The van der Waals surface area contributed by atoms with Gasteiger partial charge < -0.3 is 10.1 Å². The van der Waals surface area contributed by atoms with Crippen molar-refractivity contribution in [2.75, 3.05) is 18.1 Å². The molecule has 1 atom stereocenters. The Bertz CT molecular complexity index is 666. The van der Waals surface area contributed by atoms with Crippen LogP contribution in [0.3, 0.4) is 0 Å². The molecule has 0 spiro atoms. The Labute approximate surface area is 129 Å². The van der Waals surface area contributed by atoms with Gasteiger partial charge in [0, 0.05) is 12.1 Å². The van der Waals surface area contributed by atoms with Gasteiger partial charge in [-0.05, 0) is 18.1 Å². The van der Waals surface area contributed by atoms with Gasteiger partial charge in [0.2, 0.25) is 0 Å². The molecule has 7 heteroatoms. The van der Waals surface area contributed by atoms with Gasteiger partial charge in [-0.3, -0.25) is 4.79 Å². The summed E-state index contributed by atoms with van der Waals surface area (Å²) in [4.78, 5) is 23.1. The SMILES string of the molecule is O=C(COC(=O)C=Cc1ccccc1)NC1CCS(=O)(=O)C1. The lowest BCUT2D eigenvalue weighted by Crippen LogP contribution is -2.38. The zero-order valence-electron chi connectivity index (χ0n) is 11.9. The first-order valence-electron chi connectivity index (χ1n) is 6.84. The van der Waals surface area contributed by atoms with Crippen LogP contribution in [0.25, 0.3) is 6.08 Å². The fourth-order valence-electron chi connectivity index (χ4n) is 2.09. The molecule has 0 bridgehead atoms. The topological polar surface area (TPSA) is 89.5 Å². The summed E-state index contributed by atoms with van der Waals surface area (Å²) in [6.07, 6.45) is 3.22. The third kappa shape index (κ3) is 5.33. The van der Waals surface area contributed by atoms with Crippen LogP contribution in [0, 0.1) is 0 Å². The predicted molar refractivity (Wildman–Crippen MR) is 81.6 cm³/mol. The lowest BCUT2D eigenvalue weighted by Gasteiger charge is -2.10. The Morgan fingerprint density at radius 3 is 2.64 bits per heavy atom. The van der Waals surface area contributed by atoms with Gasteiger partial charge in [-0.2, -0.15) is 0 Å². The van der Waals surface area contributed by atoms with Crippen LogP contribution in [0.2, 0.25) is 0 Å². The molecule has 118 valence electrons. The molecule has 0 saturated carbocycles. The summed E-state index contributed by atoms with van der Waals surface area (Å²) in [6.45, 7) is -0.422. The standard InChI is InChI=1S/C15H17NO5S/c17-14(16-13-8-9-22(19,20)11-13)10-21-15(18)7-6-12-4-2-1-3-5-12/h1-7,13H,8-11H2,(H,16,17). The van der Waals surface area contributed by atoms with E-state index in [-0.39, 0.29) is 11.5 Å². The fourth-order valence-corrected chi connectivity index (χ4v) is 3.76. The van der Waals surface area contributed by atoms with Crippen LogP contribution in [0.4, 0.5) is 0 Å². The van der Waals surface area contributed by atoms with Crippen LogP contribution < -0.4 is 5.32 Å². The van der Waals surface area contributed by atoms with Crippen LogP contribution in [0.1, 0.15) is 12.0 Å². The minimum absolute atomic E-state index is 0.0550. The van der Waals surface area contributed by atoms with E-state index < -0.39 is 34.4 Å². The smallest absolute Gasteiger partial charge is 0.331 e. The van der Waals surface area contributed by atoms with E-state index in [9.17, 15) is 18.0 Å². The van der Waals surface area contributed by atoms with Crippen molar-refractivity contribution in [2.24, 2.45) is 0 Å². The first-order chi connectivity index (χ1) is 10.4. The summed E-state index contributed by atoms with van der Waals surface area (Å²) in [5.41, 5.74) is 0.847. The van der Waals surface area contributed by atoms with Gasteiger partial charge in [0.25, 0.3) is 5.91 Å². The lowest BCUT2D eigenvalue weighted by atomic mass is 10.2. The first kappa shape index (κ1) is 16.2. The number of benzene rings is 1. The lowest BCUT2D eigenvalue weighted by molar-refractivity contribution is -0.143. The highest BCUT2D eigenvalue weighted by molar-refractivity contribution is 7.91. The highest BCUT2D eigenvalue weighted by Gasteiger charge is 2.28. The minimum atomic E-state index is -3.05. The second kappa shape index (κ2) is 7.22. The van der Waals surface area contributed by atoms with Gasteiger partial charge >= 0.3 is 5.97 Å². The van der Waals surface area contributed by atoms with Crippen molar-refractivity contribution in [2.45, 2.75) is 12.5 Å². The highest BCUT2D eigenvalue weighted by Crippen LogP contribution is 2.10. The van der Waals surface area contributed by atoms with Crippen LogP contribution >= 0.6 is 0 Å². The summed E-state index contributed by atoms with van der Waals surface area (Å²) < 4.78 is 27.3. The van der Waals surface area contributed by atoms with Gasteiger partial charge in [-0.15, -0.1) is 0 Å². The Hall–Kier alpha value is -2.15. The Balaban J connectivity index is 1.72. The zero-order valence-corrected chi connectivity index (χ0v) is 12.7. The molecule has 1 N–H and O–H groups in total. The van der Waals surface area contributed by atoms with Crippen molar-refractivity contribution < 1.29 is 22.7 Å². The third-order valence-corrected chi connectivity index (χ3v) is 4.92. The van der Waals surface area contributed by atoms with E-state index in [0.29, 0.717) is 6.42 Å². The van der Waals surface area contributed by atoms with E-state index in [2.05, 4.69) is 5.32 Å². The average Bonchev–Trinajstić information content (AvgIpc) is 2.83. The molecule has 22 heavy (non-hydrogen) atoms. The number of carbonyl (C=O) groups is 2. The Kier molecular flexibility index (Phi) is 5.32. The Morgan fingerprint density at radius 2 is 2.00 bits per heavy atom. The van der Waals surface area contributed by atoms with Crippen molar-refractivity contribution in [3.05, 3.63) is 42.0 Å². The summed E-state index contributed by atoms with van der Waals surface area (Å²) in [6, 6.07) is 8.82. The van der Waals surface area contributed by atoms with E-state index in [1.165, 1.54) is 6.08 Å². The number of nitrogens with one attached hydrogen (secondary N) is 1. The molecule has 1 unspecified atom stereocenters. The van der Waals surface area contributed by atoms with Crippen molar-refractivity contribution in [3.63, 3.8) is 0 Å². The molecule has 1 amide bonds. The number of esters is 1. The molecule has 0 radical (unpaired) electrons. The molecule has 0 aromatic heterocycles. The molecule has 1 fully saturated rings.